The van der Waals surface area contributed by atoms with Gasteiger partial charge in [-0.2, -0.15) is 4.99 Å². The van der Waals surface area contributed by atoms with E-state index in [1.807, 2.05) is 0 Å². The summed E-state index contributed by atoms with van der Waals surface area (Å²) in [6, 6.07) is 13.7. The molecule has 6 nitrogen and oxygen atoms in total. The van der Waals surface area contributed by atoms with Crippen LogP contribution >= 0.6 is 34.5 Å². The number of anilines is 1. The van der Waals surface area contributed by atoms with Crippen LogP contribution in [0.25, 0.3) is 10.2 Å². The Morgan fingerprint density at radius 3 is 2.44 bits per heavy atom. The van der Waals surface area contributed by atoms with Crippen LogP contribution in [-0.2, 0) is 17.1 Å². The van der Waals surface area contributed by atoms with E-state index in [-0.39, 0.29) is 16.1 Å². The van der Waals surface area contributed by atoms with Crippen molar-refractivity contribution in [3.05, 3.63) is 86.9 Å². The summed E-state index contributed by atoms with van der Waals surface area (Å²) in [7, 11) is -2.23. The molecule has 0 aliphatic carbocycles. The van der Waals surface area contributed by atoms with Crippen LogP contribution in [0.4, 0.5) is 10.1 Å². The van der Waals surface area contributed by atoms with E-state index in [9.17, 15) is 17.6 Å². The smallest absolute Gasteiger partial charge is 0.279 e. The number of carbonyl (C=O) groups is 1. The molecule has 164 valence electrons. The molecule has 0 fully saturated rings. The molecule has 1 heterocycles. The van der Waals surface area contributed by atoms with Crippen molar-refractivity contribution in [3.63, 3.8) is 0 Å². The van der Waals surface area contributed by atoms with E-state index in [4.69, 9.17) is 23.2 Å². The number of benzene rings is 3. The number of thiazole rings is 1. The first-order chi connectivity index (χ1) is 15.2. The van der Waals surface area contributed by atoms with Crippen LogP contribution in [0, 0.1) is 5.82 Å². The Labute approximate surface area is 196 Å². The summed E-state index contributed by atoms with van der Waals surface area (Å²) in [5.41, 5.74) is 1.01. The van der Waals surface area contributed by atoms with Crippen molar-refractivity contribution in [2.24, 2.45) is 12.0 Å². The van der Waals surface area contributed by atoms with E-state index in [0.717, 1.165) is 24.3 Å². The third-order valence-corrected chi connectivity index (χ3v) is 7.83. The number of nitrogens with one attached hydrogen (secondary N) is 1. The minimum atomic E-state index is -3.95. The molecule has 3 aromatic carbocycles. The van der Waals surface area contributed by atoms with Gasteiger partial charge < -0.3 is 4.57 Å². The van der Waals surface area contributed by atoms with Gasteiger partial charge in [0.1, 0.15) is 5.82 Å². The third kappa shape index (κ3) is 4.42. The molecule has 0 atom stereocenters. The topological polar surface area (TPSA) is 80.5 Å². The second kappa shape index (κ2) is 8.67. The van der Waals surface area contributed by atoms with Crippen LogP contribution in [0.15, 0.2) is 70.6 Å². The number of aryl methyl sites for hydroxylation is 1. The van der Waals surface area contributed by atoms with Crippen molar-refractivity contribution >= 4 is 66.4 Å². The highest BCUT2D eigenvalue weighted by molar-refractivity contribution is 7.92. The number of rotatable bonds is 4. The molecule has 32 heavy (non-hydrogen) atoms. The van der Waals surface area contributed by atoms with Crippen LogP contribution in [0.3, 0.4) is 0 Å². The minimum Gasteiger partial charge on any atom is -0.318 e. The predicted molar refractivity (Wildman–Crippen MR) is 124 cm³/mol. The number of fused-ring (bicyclic) bond motifs is 1. The summed E-state index contributed by atoms with van der Waals surface area (Å²) in [5.74, 6) is -1.11. The van der Waals surface area contributed by atoms with Crippen molar-refractivity contribution in [3.8, 4) is 0 Å². The summed E-state index contributed by atoms with van der Waals surface area (Å²) in [6.45, 7) is 0. The number of hydrogen-bond donors (Lipinski definition) is 1. The molecule has 1 aromatic heterocycles. The number of carbonyl (C=O) groups excluding carboxylic acids is 1. The first-order valence-electron chi connectivity index (χ1n) is 9.07. The van der Waals surface area contributed by atoms with E-state index in [1.54, 1.807) is 23.7 Å². The first kappa shape index (κ1) is 22.5. The van der Waals surface area contributed by atoms with Crippen molar-refractivity contribution < 1.29 is 17.6 Å². The highest BCUT2D eigenvalue weighted by Crippen LogP contribution is 2.31. The predicted octanol–water partition coefficient (Wildman–Crippen LogP) is 5.23. The lowest BCUT2D eigenvalue weighted by Crippen LogP contribution is -2.15. The molecule has 0 unspecified atom stereocenters. The molecular formula is C21H14Cl2FN3O3S2. The number of halogens is 3. The fourth-order valence-electron chi connectivity index (χ4n) is 2.98. The third-order valence-electron chi connectivity index (χ3n) is 4.53. The average Bonchev–Trinajstić information content (AvgIpc) is 3.08. The van der Waals surface area contributed by atoms with Gasteiger partial charge in [-0.3, -0.25) is 9.52 Å². The molecule has 0 saturated carbocycles. The van der Waals surface area contributed by atoms with Gasteiger partial charge in [0.05, 0.1) is 25.2 Å². The zero-order valence-electron chi connectivity index (χ0n) is 16.3. The summed E-state index contributed by atoms with van der Waals surface area (Å²) in [4.78, 5) is 17.2. The molecule has 4 aromatic rings. The van der Waals surface area contributed by atoms with E-state index in [0.29, 0.717) is 25.1 Å². The zero-order valence-corrected chi connectivity index (χ0v) is 19.5. The number of hydrogen-bond acceptors (Lipinski definition) is 4. The maximum absolute atomic E-state index is 13.1. The van der Waals surface area contributed by atoms with Crippen LogP contribution in [0.5, 0.6) is 0 Å². The monoisotopic (exact) mass is 509 g/mol. The van der Waals surface area contributed by atoms with E-state index in [1.165, 1.54) is 35.6 Å². The number of amides is 1. The van der Waals surface area contributed by atoms with Gasteiger partial charge in [0.2, 0.25) is 0 Å². The van der Waals surface area contributed by atoms with E-state index in [2.05, 4.69) is 9.71 Å². The van der Waals surface area contributed by atoms with Crippen LogP contribution < -0.4 is 9.52 Å². The zero-order chi connectivity index (χ0) is 23.0. The Hall–Kier alpha value is -2.72. The number of nitrogens with zero attached hydrogens (tertiary/aromatic N) is 2. The summed E-state index contributed by atoms with van der Waals surface area (Å²) in [6.07, 6.45) is 0. The lowest BCUT2D eigenvalue weighted by molar-refractivity contribution is 0.0998. The van der Waals surface area contributed by atoms with Crippen molar-refractivity contribution in [2.45, 2.75) is 4.90 Å². The highest BCUT2D eigenvalue weighted by atomic mass is 35.5. The molecule has 0 saturated heterocycles. The number of aromatic nitrogens is 1. The molecule has 0 spiro atoms. The molecule has 0 aliphatic heterocycles. The maximum atomic E-state index is 13.1. The fraction of sp³-hybridized carbons (Fsp3) is 0.0476. The molecule has 11 heteroatoms. The lowest BCUT2D eigenvalue weighted by atomic mass is 10.2. The Morgan fingerprint density at radius 1 is 1.06 bits per heavy atom. The van der Waals surface area contributed by atoms with Crippen molar-refractivity contribution in [2.75, 3.05) is 4.72 Å². The van der Waals surface area contributed by atoms with Crippen LogP contribution in [0.2, 0.25) is 10.0 Å². The van der Waals surface area contributed by atoms with E-state index < -0.39 is 21.7 Å². The Kier molecular flexibility index (Phi) is 6.09. The van der Waals surface area contributed by atoms with Crippen molar-refractivity contribution in [1.29, 1.82) is 0 Å². The fourth-order valence-corrected chi connectivity index (χ4v) is 5.69. The average molecular weight is 510 g/mol. The largest absolute Gasteiger partial charge is 0.318 e. The summed E-state index contributed by atoms with van der Waals surface area (Å²) in [5, 5.41) is 0.977. The van der Waals surface area contributed by atoms with Crippen LogP contribution in [0.1, 0.15) is 10.4 Å². The molecule has 1 amide bonds. The van der Waals surface area contributed by atoms with Gasteiger partial charge in [-0.05, 0) is 54.6 Å². The molecular weight excluding hydrogens is 496 g/mol. The van der Waals surface area contributed by atoms with Gasteiger partial charge in [-0.15, -0.1) is 0 Å². The number of sulfonamides is 1. The molecule has 0 radical (unpaired) electrons. The van der Waals surface area contributed by atoms with Gasteiger partial charge in [-0.25, -0.2) is 12.8 Å². The molecule has 0 bridgehead atoms. The molecule has 4 rings (SSSR count). The van der Waals surface area contributed by atoms with Crippen LogP contribution in [-0.4, -0.2) is 18.9 Å². The van der Waals surface area contributed by atoms with Gasteiger partial charge in [0.25, 0.3) is 15.9 Å². The summed E-state index contributed by atoms with van der Waals surface area (Å²) < 4.78 is 42.9. The molecule has 1 N–H and O–H groups in total. The standard InChI is InChI=1S/C21H14Cl2FN3O3S2/c1-27-18-16(22)9-10-17(23)19(18)31-21(27)25-20(28)12-3-2-4-14(11-12)26-32(29,30)15-7-5-13(24)6-8-15/h2-11,26H,1H3. The van der Waals surface area contributed by atoms with Gasteiger partial charge in [0, 0.05) is 18.3 Å². The normalized spacial score (nSPS) is 12.3. The van der Waals surface area contributed by atoms with Gasteiger partial charge in [0.15, 0.2) is 4.80 Å². The second-order valence-electron chi connectivity index (χ2n) is 6.71. The Morgan fingerprint density at radius 2 is 1.75 bits per heavy atom. The second-order valence-corrected chi connectivity index (χ2v) is 10.2. The Bertz CT molecular complexity index is 1530. The SMILES string of the molecule is Cn1c(=NC(=O)c2cccc(NS(=O)(=O)c3ccc(F)cc3)c2)sc2c(Cl)ccc(Cl)c21. The summed E-state index contributed by atoms with van der Waals surface area (Å²) >= 11 is 13.7. The molecule has 0 aliphatic rings. The van der Waals surface area contributed by atoms with Crippen molar-refractivity contribution in [1.82, 2.24) is 4.57 Å². The minimum absolute atomic E-state index is 0.105. The van der Waals surface area contributed by atoms with E-state index >= 15 is 0 Å². The quantitative estimate of drug-likeness (QED) is 0.409. The van der Waals surface area contributed by atoms with Gasteiger partial charge in [-0.1, -0.05) is 40.6 Å². The van der Waals surface area contributed by atoms with Gasteiger partial charge >= 0.3 is 0 Å². The highest BCUT2D eigenvalue weighted by Gasteiger charge is 2.16. The first-order valence-corrected chi connectivity index (χ1v) is 12.1. The Balaban J connectivity index is 1.67. The maximum Gasteiger partial charge on any atom is 0.279 e. The lowest BCUT2D eigenvalue weighted by Gasteiger charge is -2.08.